The second-order valence-corrected chi connectivity index (χ2v) is 8.25. The molecule has 0 spiro atoms. The van der Waals surface area contributed by atoms with Gasteiger partial charge in [0.15, 0.2) is 5.82 Å². The van der Waals surface area contributed by atoms with Crippen LogP contribution in [0.2, 0.25) is 0 Å². The third-order valence-electron chi connectivity index (χ3n) is 6.26. The summed E-state index contributed by atoms with van der Waals surface area (Å²) in [6.45, 7) is 6.11. The van der Waals surface area contributed by atoms with Gasteiger partial charge in [0.1, 0.15) is 0 Å². The number of piperazine rings is 1. The van der Waals surface area contributed by atoms with E-state index in [1.807, 2.05) is 23.1 Å². The van der Waals surface area contributed by atoms with E-state index in [-0.39, 0.29) is 17.9 Å². The Morgan fingerprint density at radius 1 is 1.00 bits per heavy atom. The lowest BCUT2D eigenvalue weighted by Gasteiger charge is -2.36. The number of hydrogen-bond donors (Lipinski definition) is 0. The Kier molecular flexibility index (Phi) is 6.16. The minimum absolute atomic E-state index is 0.0524. The number of aryl methyl sites for hydroxylation is 1. The van der Waals surface area contributed by atoms with E-state index in [1.54, 1.807) is 12.3 Å². The molecule has 10 nitrogen and oxygen atoms in total. The maximum atomic E-state index is 12.8. The van der Waals surface area contributed by atoms with E-state index in [9.17, 15) is 9.59 Å². The molecule has 0 aliphatic carbocycles. The highest BCUT2D eigenvalue weighted by Crippen LogP contribution is 2.21. The molecular formula is C23H27N7O3. The summed E-state index contributed by atoms with van der Waals surface area (Å²) in [5.74, 6) is 0.917. The topological polar surface area (TPSA) is 96.7 Å². The lowest BCUT2D eigenvalue weighted by molar-refractivity contribution is -0.131. The monoisotopic (exact) mass is 449 g/mol. The van der Waals surface area contributed by atoms with Crippen LogP contribution in [0.4, 0.5) is 11.5 Å². The van der Waals surface area contributed by atoms with E-state index < -0.39 is 0 Å². The number of carbonyl (C=O) groups excluding carboxylic acids is 1. The van der Waals surface area contributed by atoms with Crippen LogP contribution < -0.4 is 15.4 Å². The van der Waals surface area contributed by atoms with Gasteiger partial charge in [0.25, 0.3) is 5.56 Å². The first kappa shape index (κ1) is 21.3. The van der Waals surface area contributed by atoms with Crippen molar-refractivity contribution in [3.63, 3.8) is 0 Å². The quantitative estimate of drug-likeness (QED) is 0.563. The first-order valence-electron chi connectivity index (χ1n) is 11.3. The van der Waals surface area contributed by atoms with E-state index >= 15 is 0 Å². The second kappa shape index (κ2) is 9.53. The molecule has 0 N–H and O–H groups in total. The molecule has 2 aliphatic heterocycles. The highest BCUT2D eigenvalue weighted by atomic mass is 16.5. The zero-order valence-corrected chi connectivity index (χ0v) is 18.5. The Morgan fingerprint density at radius 3 is 2.61 bits per heavy atom. The largest absolute Gasteiger partial charge is 0.378 e. The average Bonchev–Trinajstić information content (AvgIpc) is 2.89. The van der Waals surface area contributed by atoms with Crippen molar-refractivity contribution in [2.45, 2.75) is 13.0 Å². The molecule has 2 aromatic heterocycles. The maximum Gasteiger partial charge on any atom is 0.261 e. The maximum absolute atomic E-state index is 12.8. The van der Waals surface area contributed by atoms with Crippen molar-refractivity contribution in [3.05, 3.63) is 53.2 Å². The Bertz CT molecular complexity index is 1180. The van der Waals surface area contributed by atoms with Crippen LogP contribution in [0, 0.1) is 0 Å². The normalized spacial score (nSPS) is 16.9. The zero-order valence-electron chi connectivity index (χ0n) is 18.5. The molecule has 172 valence electrons. The van der Waals surface area contributed by atoms with Gasteiger partial charge in [-0.2, -0.15) is 5.10 Å². The van der Waals surface area contributed by atoms with Crippen molar-refractivity contribution in [2.75, 3.05) is 62.3 Å². The molecule has 2 fully saturated rings. The van der Waals surface area contributed by atoms with E-state index in [0.717, 1.165) is 37.7 Å². The van der Waals surface area contributed by atoms with Crippen molar-refractivity contribution >= 4 is 28.3 Å². The molecule has 0 radical (unpaired) electrons. The number of nitrogens with zero attached hydrogens (tertiary/aromatic N) is 7. The Balaban J connectivity index is 1.16. The number of fused-ring (bicyclic) bond motifs is 1. The van der Waals surface area contributed by atoms with Gasteiger partial charge in [-0.1, -0.05) is 12.1 Å². The second-order valence-electron chi connectivity index (χ2n) is 8.25. The molecule has 1 amide bonds. The molecule has 3 aromatic rings. The standard InChI is InChI=1S/C23H27N7O3/c31-22(5-6-30-17-24-20-4-2-1-3-19(20)23(30)32)29-9-7-27(8-10-29)18-15-21(26-25-16-18)28-11-13-33-14-12-28/h1-4,15-17H,5-14H2. The molecule has 0 unspecified atom stereocenters. The highest BCUT2D eigenvalue weighted by molar-refractivity contribution is 5.78. The van der Waals surface area contributed by atoms with Crippen LogP contribution in [0.25, 0.3) is 10.9 Å². The molecule has 4 heterocycles. The molecule has 10 heteroatoms. The predicted molar refractivity (Wildman–Crippen MR) is 124 cm³/mol. The molecule has 0 saturated carbocycles. The van der Waals surface area contributed by atoms with Gasteiger partial charge < -0.3 is 19.4 Å². The number of ether oxygens (including phenoxy) is 1. The number of rotatable bonds is 5. The lowest BCUT2D eigenvalue weighted by Crippen LogP contribution is -2.49. The van der Waals surface area contributed by atoms with Crippen LogP contribution in [0.1, 0.15) is 6.42 Å². The van der Waals surface area contributed by atoms with Crippen LogP contribution in [-0.2, 0) is 16.1 Å². The molecule has 2 aliphatic rings. The predicted octanol–water partition coefficient (Wildman–Crippen LogP) is 0.762. The van der Waals surface area contributed by atoms with Crippen molar-refractivity contribution < 1.29 is 9.53 Å². The van der Waals surface area contributed by atoms with Crippen molar-refractivity contribution in [1.29, 1.82) is 0 Å². The van der Waals surface area contributed by atoms with Gasteiger partial charge in [0.2, 0.25) is 5.91 Å². The fourth-order valence-corrected chi connectivity index (χ4v) is 4.32. The first-order chi connectivity index (χ1) is 16.2. The fraction of sp³-hybridized carbons (Fsp3) is 0.435. The van der Waals surface area contributed by atoms with Gasteiger partial charge >= 0.3 is 0 Å². The van der Waals surface area contributed by atoms with E-state index in [0.29, 0.717) is 43.8 Å². The van der Waals surface area contributed by atoms with Crippen LogP contribution in [-0.4, -0.2) is 83.0 Å². The van der Waals surface area contributed by atoms with Crippen molar-refractivity contribution in [1.82, 2.24) is 24.6 Å². The van der Waals surface area contributed by atoms with Gasteiger partial charge in [0.05, 0.1) is 42.3 Å². The van der Waals surface area contributed by atoms with Gasteiger partial charge in [0, 0.05) is 58.3 Å². The number of morpholine rings is 1. The summed E-state index contributed by atoms with van der Waals surface area (Å²) in [5.41, 5.74) is 1.58. The highest BCUT2D eigenvalue weighted by Gasteiger charge is 2.22. The van der Waals surface area contributed by atoms with Crippen LogP contribution in [0.5, 0.6) is 0 Å². The van der Waals surface area contributed by atoms with Crippen LogP contribution in [0.3, 0.4) is 0 Å². The van der Waals surface area contributed by atoms with Crippen LogP contribution in [0.15, 0.2) is 47.7 Å². The number of benzene rings is 1. The van der Waals surface area contributed by atoms with Gasteiger partial charge in [-0.15, -0.1) is 5.10 Å². The van der Waals surface area contributed by atoms with Gasteiger partial charge in [-0.3, -0.25) is 14.2 Å². The van der Waals surface area contributed by atoms with Crippen molar-refractivity contribution in [3.8, 4) is 0 Å². The molecule has 0 atom stereocenters. The van der Waals surface area contributed by atoms with Crippen molar-refractivity contribution in [2.24, 2.45) is 0 Å². The summed E-state index contributed by atoms with van der Waals surface area (Å²) in [7, 11) is 0. The SMILES string of the molecule is O=C(CCn1cnc2ccccc2c1=O)N1CCN(c2cnnc(N3CCOCC3)c2)CC1. The molecular weight excluding hydrogens is 422 g/mol. The average molecular weight is 450 g/mol. The number of hydrogen-bond acceptors (Lipinski definition) is 8. The summed E-state index contributed by atoms with van der Waals surface area (Å²) >= 11 is 0. The summed E-state index contributed by atoms with van der Waals surface area (Å²) < 4.78 is 6.94. The molecule has 2 saturated heterocycles. The summed E-state index contributed by atoms with van der Waals surface area (Å²) in [5, 5.41) is 9.04. The Labute approximate surface area is 191 Å². The number of carbonyl (C=O) groups is 1. The van der Waals surface area contributed by atoms with E-state index in [4.69, 9.17) is 4.74 Å². The number of para-hydroxylation sites is 1. The first-order valence-corrected chi connectivity index (χ1v) is 11.3. The molecule has 0 bridgehead atoms. The Hall–Kier alpha value is -3.53. The number of aromatic nitrogens is 4. The molecule has 1 aromatic carbocycles. The third-order valence-corrected chi connectivity index (χ3v) is 6.26. The van der Waals surface area contributed by atoms with Crippen LogP contribution >= 0.6 is 0 Å². The molecule has 33 heavy (non-hydrogen) atoms. The number of amides is 1. The third kappa shape index (κ3) is 4.65. The molecule has 5 rings (SSSR count). The lowest BCUT2D eigenvalue weighted by atomic mass is 10.2. The summed E-state index contributed by atoms with van der Waals surface area (Å²) in [6, 6.07) is 9.32. The van der Waals surface area contributed by atoms with E-state index in [2.05, 4.69) is 31.0 Å². The van der Waals surface area contributed by atoms with Gasteiger partial charge in [-0.25, -0.2) is 4.98 Å². The summed E-state index contributed by atoms with van der Waals surface area (Å²) in [4.78, 5) is 36.0. The van der Waals surface area contributed by atoms with E-state index in [1.165, 1.54) is 10.9 Å². The van der Waals surface area contributed by atoms with Gasteiger partial charge in [-0.05, 0) is 12.1 Å². The summed E-state index contributed by atoms with van der Waals surface area (Å²) in [6.07, 6.45) is 3.58. The smallest absolute Gasteiger partial charge is 0.261 e. The minimum Gasteiger partial charge on any atom is -0.378 e. The number of anilines is 2. The fourth-order valence-electron chi connectivity index (χ4n) is 4.32. The minimum atomic E-state index is -0.112. The zero-order chi connectivity index (χ0) is 22.6. The Morgan fingerprint density at radius 2 is 1.79 bits per heavy atom.